The minimum absolute atomic E-state index is 0.202. The zero-order valence-electron chi connectivity index (χ0n) is 20.4. The molecule has 5 rings (SSSR count). The van der Waals surface area contributed by atoms with Gasteiger partial charge in [0.15, 0.2) is 0 Å². The van der Waals surface area contributed by atoms with E-state index in [1.165, 1.54) is 36.1 Å². The van der Waals surface area contributed by atoms with E-state index in [-0.39, 0.29) is 5.82 Å². The number of rotatable bonds is 9. The van der Waals surface area contributed by atoms with Gasteiger partial charge in [-0.05, 0) is 95.5 Å². The molecule has 192 valence electrons. The van der Waals surface area contributed by atoms with Crippen LogP contribution in [0.15, 0.2) is 59.3 Å². The van der Waals surface area contributed by atoms with E-state index in [4.69, 9.17) is 27.9 Å². The zero-order valence-corrected chi connectivity index (χ0v) is 22.7. The second-order valence-corrected chi connectivity index (χ2v) is 11.8. The molecule has 3 nitrogen and oxygen atoms in total. The molecule has 1 aromatic heterocycles. The maximum Gasteiger partial charge on any atom is 0.123 e. The SMILES string of the molecule is Fc1ccc(COCC2CCN(CC3CN(Cc4ccc(Cl)c(Cl)c4)CC3c3ccsc3)CC2)cc1. The van der Waals surface area contributed by atoms with Crippen LogP contribution in [0, 0.1) is 17.7 Å². The molecule has 2 aliphatic rings. The largest absolute Gasteiger partial charge is 0.376 e. The van der Waals surface area contributed by atoms with Crippen molar-refractivity contribution in [3.8, 4) is 0 Å². The highest BCUT2D eigenvalue weighted by Crippen LogP contribution is 2.36. The molecule has 0 amide bonds. The van der Waals surface area contributed by atoms with Gasteiger partial charge in [0.05, 0.1) is 16.7 Å². The standard InChI is InChI=1S/C29H33Cl2FN2OS/c30-28-6-3-23(13-29(28)31)14-34-16-25(27(17-34)24-9-12-36-20-24)15-33-10-7-22(8-11-33)19-35-18-21-1-4-26(32)5-2-21/h1-6,9,12-13,20,22,25,27H,7-8,10-11,14-19H2. The number of ether oxygens (including phenoxy) is 1. The monoisotopic (exact) mass is 546 g/mol. The first-order valence-electron chi connectivity index (χ1n) is 12.8. The molecule has 3 heterocycles. The first-order valence-corrected chi connectivity index (χ1v) is 14.5. The molecule has 0 aliphatic carbocycles. The number of nitrogens with zero attached hydrogens (tertiary/aromatic N) is 2. The molecule has 0 N–H and O–H groups in total. The van der Waals surface area contributed by atoms with E-state index in [2.05, 4.69) is 32.7 Å². The van der Waals surface area contributed by atoms with Crippen molar-refractivity contribution in [3.05, 3.63) is 91.8 Å². The molecular formula is C29H33Cl2FN2OS. The molecule has 2 atom stereocenters. The van der Waals surface area contributed by atoms with Gasteiger partial charge in [0.1, 0.15) is 5.82 Å². The zero-order chi connectivity index (χ0) is 24.9. The van der Waals surface area contributed by atoms with E-state index in [9.17, 15) is 4.39 Å². The number of piperidine rings is 1. The molecular weight excluding hydrogens is 514 g/mol. The molecule has 2 saturated heterocycles. The number of halogens is 3. The highest BCUT2D eigenvalue weighted by molar-refractivity contribution is 7.08. The second kappa shape index (κ2) is 12.4. The summed E-state index contributed by atoms with van der Waals surface area (Å²) in [6.45, 7) is 7.82. The van der Waals surface area contributed by atoms with Crippen LogP contribution in [0.25, 0.3) is 0 Å². The van der Waals surface area contributed by atoms with Crippen LogP contribution in [-0.2, 0) is 17.9 Å². The van der Waals surface area contributed by atoms with Crippen molar-refractivity contribution in [1.82, 2.24) is 9.80 Å². The predicted octanol–water partition coefficient (Wildman–Crippen LogP) is 7.34. The first kappa shape index (κ1) is 26.1. The van der Waals surface area contributed by atoms with Gasteiger partial charge in [-0.3, -0.25) is 4.90 Å². The van der Waals surface area contributed by atoms with Crippen molar-refractivity contribution >= 4 is 34.5 Å². The summed E-state index contributed by atoms with van der Waals surface area (Å²) >= 11 is 14.2. The molecule has 2 aliphatic heterocycles. The fraction of sp³-hybridized carbons (Fsp3) is 0.448. The van der Waals surface area contributed by atoms with Gasteiger partial charge in [0, 0.05) is 38.7 Å². The second-order valence-electron chi connectivity index (χ2n) is 10.3. The van der Waals surface area contributed by atoms with Crippen LogP contribution in [0.3, 0.4) is 0 Å². The van der Waals surface area contributed by atoms with Gasteiger partial charge in [-0.15, -0.1) is 0 Å². The third-order valence-electron chi connectivity index (χ3n) is 7.61. The molecule has 2 fully saturated rings. The van der Waals surface area contributed by atoms with Crippen LogP contribution < -0.4 is 0 Å². The summed E-state index contributed by atoms with van der Waals surface area (Å²) in [5.41, 5.74) is 3.72. The lowest BCUT2D eigenvalue weighted by Crippen LogP contribution is -2.39. The van der Waals surface area contributed by atoms with Gasteiger partial charge in [-0.1, -0.05) is 41.4 Å². The smallest absolute Gasteiger partial charge is 0.123 e. The topological polar surface area (TPSA) is 15.7 Å². The summed E-state index contributed by atoms with van der Waals surface area (Å²) < 4.78 is 19.0. The quantitative estimate of drug-likeness (QED) is 0.279. The van der Waals surface area contributed by atoms with Crippen molar-refractivity contribution in [2.75, 3.05) is 39.3 Å². The maximum atomic E-state index is 13.1. The van der Waals surface area contributed by atoms with Crippen molar-refractivity contribution in [3.63, 3.8) is 0 Å². The highest BCUT2D eigenvalue weighted by atomic mass is 35.5. The molecule has 7 heteroatoms. The van der Waals surface area contributed by atoms with Gasteiger partial charge in [-0.2, -0.15) is 11.3 Å². The van der Waals surface area contributed by atoms with E-state index in [0.717, 1.165) is 51.4 Å². The van der Waals surface area contributed by atoms with Gasteiger partial charge in [0.25, 0.3) is 0 Å². The molecule has 0 saturated carbocycles. The van der Waals surface area contributed by atoms with Crippen molar-refractivity contribution in [2.24, 2.45) is 11.8 Å². The van der Waals surface area contributed by atoms with Crippen molar-refractivity contribution < 1.29 is 9.13 Å². The van der Waals surface area contributed by atoms with Crippen molar-refractivity contribution in [1.29, 1.82) is 0 Å². The van der Waals surface area contributed by atoms with Gasteiger partial charge >= 0.3 is 0 Å². The molecule has 36 heavy (non-hydrogen) atoms. The Kier molecular flexibility index (Phi) is 8.99. The minimum Gasteiger partial charge on any atom is -0.376 e. The Morgan fingerprint density at radius 1 is 0.917 bits per heavy atom. The number of hydrogen-bond acceptors (Lipinski definition) is 4. The third-order valence-corrected chi connectivity index (χ3v) is 9.05. The molecule has 2 aromatic carbocycles. The van der Waals surface area contributed by atoms with E-state index in [1.807, 2.05) is 12.1 Å². The van der Waals surface area contributed by atoms with E-state index in [1.54, 1.807) is 23.5 Å². The van der Waals surface area contributed by atoms with Gasteiger partial charge in [-0.25, -0.2) is 4.39 Å². The van der Waals surface area contributed by atoms with Gasteiger partial charge < -0.3 is 9.64 Å². The lowest BCUT2D eigenvalue weighted by atomic mass is 9.89. The average Bonchev–Trinajstić information content (AvgIpc) is 3.54. The Labute approximate surface area is 227 Å². The Morgan fingerprint density at radius 3 is 2.42 bits per heavy atom. The van der Waals surface area contributed by atoms with E-state index < -0.39 is 0 Å². The first-order chi connectivity index (χ1) is 17.5. The summed E-state index contributed by atoms with van der Waals surface area (Å²) in [5.74, 6) is 1.58. The summed E-state index contributed by atoms with van der Waals surface area (Å²) in [4.78, 5) is 5.23. The summed E-state index contributed by atoms with van der Waals surface area (Å²) in [6, 6.07) is 14.9. The lowest BCUT2D eigenvalue weighted by Gasteiger charge is -2.34. The number of benzene rings is 2. The van der Waals surface area contributed by atoms with Crippen LogP contribution in [0.5, 0.6) is 0 Å². The molecule has 0 spiro atoms. The van der Waals surface area contributed by atoms with Gasteiger partial charge in [0.2, 0.25) is 0 Å². The number of hydrogen-bond donors (Lipinski definition) is 0. The minimum atomic E-state index is -0.202. The number of thiophene rings is 1. The van der Waals surface area contributed by atoms with E-state index >= 15 is 0 Å². The lowest BCUT2D eigenvalue weighted by molar-refractivity contribution is 0.0542. The summed E-state index contributed by atoms with van der Waals surface area (Å²) in [5, 5.41) is 5.76. The summed E-state index contributed by atoms with van der Waals surface area (Å²) in [6.07, 6.45) is 2.35. The van der Waals surface area contributed by atoms with Crippen molar-refractivity contribution in [2.45, 2.75) is 31.9 Å². The average molecular weight is 548 g/mol. The Balaban J connectivity index is 1.12. The van der Waals surface area contributed by atoms with Crippen LogP contribution in [0.4, 0.5) is 4.39 Å². The summed E-state index contributed by atoms with van der Waals surface area (Å²) in [7, 11) is 0. The Hall–Kier alpha value is -1.47. The number of likely N-dealkylation sites (tertiary alicyclic amines) is 2. The molecule has 3 aromatic rings. The normalized spacial score (nSPS) is 21.9. The van der Waals surface area contributed by atoms with Crippen LogP contribution in [-0.4, -0.2) is 49.1 Å². The molecule has 0 radical (unpaired) electrons. The fourth-order valence-electron chi connectivity index (χ4n) is 5.63. The predicted molar refractivity (Wildman–Crippen MR) is 148 cm³/mol. The van der Waals surface area contributed by atoms with Crippen LogP contribution in [0.2, 0.25) is 10.0 Å². The van der Waals surface area contributed by atoms with Crippen LogP contribution in [0.1, 0.15) is 35.4 Å². The molecule has 2 unspecified atom stereocenters. The maximum absolute atomic E-state index is 13.1. The van der Waals surface area contributed by atoms with E-state index in [0.29, 0.717) is 34.4 Å². The Bertz CT molecular complexity index is 1100. The van der Waals surface area contributed by atoms with Crippen LogP contribution >= 0.6 is 34.5 Å². The fourth-order valence-corrected chi connectivity index (χ4v) is 6.67. The highest BCUT2D eigenvalue weighted by Gasteiger charge is 2.35. The third kappa shape index (κ3) is 6.89. The molecule has 0 bridgehead atoms. The Morgan fingerprint density at radius 2 is 1.69 bits per heavy atom.